The van der Waals surface area contributed by atoms with Crippen LogP contribution >= 0.6 is 0 Å². The Morgan fingerprint density at radius 2 is 2.17 bits per heavy atom. The van der Waals surface area contributed by atoms with E-state index in [9.17, 15) is 4.79 Å². The molecule has 1 aliphatic carbocycles. The zero-order valence-electron chi connectivity index (χ0n) is 10.2. The van der Waals surface area contributed by atoms with Gasteiger partial charge in [-0.05, 0) is 42.4 Å². The summed E-state index contributed by atoms with van der Waals surface area (Å²) in [7, 11) is 0. The van der Waals surface area contributed by atoms with Gasteiger partial charge in [-0.15, -0.1) is 0 Å². The van der Waals surface area contributed by atoms with E-state index in [1.165, 1.54) is 24.0 Å². The van der Waals surface area contributed by atoms with Crippen molar-refractivity contribution in [2.75, 3.05) is 0 Å². The predicted octanol–water partition coefficient (Wildman–Crippen LogP) is 2.55. The second kappa shape index (κ2) is 4.77. The molecule has 18 heavy (non-hydrogen) atoms. The molecule has 0 fully saturated rings. The quantitative estimate of drug-likeness (QED) is 0.773. The molecule has 0 N–H and O–H groups in total. The fourth-order valence-electron chi connectivity index (χ4n) is 2.83. The van der Waals surface area contributed by atoms with Crippen LogP contribution < -0.4 is 0 Å². The maximum atomic E-state index is 11.4. The molecule has 0 bridgehead atoms. The van der Waals surface area contributed by atoms with Gasteiger partial charge in [-0.2, -0.15) is 0 Å². The van der Waals surface area contributed by atoms with Crippen LogP contribution in [-0.4, -0.2) is 15.8 Å². The molecule has 0 spiro atoms. The highest BCUT2D eigenvalue weighted by Gasteiger charge is 2.19. The number of aldehydes is 1. The van der Waals surface area contributed by atoms with Crippen molar-refractivity contribution in [2.45, 2.75) is 31.7 Å². The number of rotatable bonds is 3. The maximum absolute atomic E-state index is 11.4. The van der Waals surface area contributed by atoms with Gasteiger partial charge in [-0.25, -0.2) is 4.98 Å². The lowest BCUT2D eigenvalue weighted by molar-refractivity contribution is -0.109. The molecule has 1 aromatic carbocycles. The molecule has 3 rings (SSSR count). The van der Waals surface area contributed by atoms with Gasteiger partial charge < -0.3 is 9.36 Å². The third kappa shape index (κ3) is 1.86. The Morgan fingerprint density at radius 3 is 2.94 bits per heavy atom. The number of aromatic nitrogens is 2. The van der Waals surface area contributed by atoms with Crippen molar-refractivity contribution in [3.8, 4) is 0 Å². The van der Waals surface area contributed by atoms with Crippen LogP contribution in [0.3, 0.4) is 0 Å². The van der Waals surface area contributed by atoms with E-state index in [1.54, 1.807) is 12.5 Å². The molecule has 0 saturated heterocycles. The first-order valence-corrected chi connectivity index (χ1v) is 6.43. The van der Waals surface area contributed by atoms with Gasteiger partial charge in [0.15, 0.2) is 0 Å². The zero-order valence-corrected chi connectivity index (χ0v) is 10.2. The minimum Gasteiger partial charge on any atom is -0.323 e. The van der Waals surface area contributed by atoms with Crippen molar-refractivity contribution in [1.29, 1.82) is 0 Å². The van der Waals surface area contributed by atoms with Crippen LogP contribution in [0.4, 0.5) is 0 Å². The van der Waals surface area contributed by atoms with Gasteiger partial charge in [0.2, 0.25) is 0 Å². The van der Waals surface area contributed by atoms with Crippen LogP contribution in [0.25, 0.3) is 0 Å². The number of nitrogens with zero attached hydrogens (tertiary/aromatic N) is 2. The smallest absolute Gasteiger partial charge is 0.147 e. The van der Waals surface area contributed by atoms with E-state index in [-0.39, 0.29) is 6.04 Å². The van der Waals surface area contributed by atoms with Gasteiger partial charge in [-0.3, -0.25) is 0 Å². The standard InChI is InChI=1S/C15H16N2O/c18-10-15(17-9-8-16-11-17)14-7-3-5-12-4-1-2-6-13(12)14/h3,5,7-11,15H,1-2,4,6H2. The third-order valence-electron chi connectivity index (χ3n) is 3.73. The maximum Gasteiger partial charge on any atom is 0.147 e. The Morgan fingerprint density at radius 1 is 1.28 bits per heavy atom. The summed E-state index contributed by atoms with van der Waals surface area (Å²) < 4.78 is 1.87. The Labute approximate surface area is 106 Å². The summed E-state index contributed by atoms with van der Waals surface area (Å²) >= 11 is 0. The number of benzene rings is 1. The Balaban J connectivity index is 2.08. The van der Waals surface area contributed by atoms with E-state index in [4.69, 9.17) is 0 Å². The highest BCUT2D eigenvalue weighted by molar-refractivity contribution is 5.64. The molecule has 0 amide bonds. The lowest BCUT2D eigenvalue weighted by atomic mass is 9.86. The Hall–Kier alpha value is -1.90. The normalized spacial score (nSPS) is 16.0. The van der Waals surface area contributed by atoms with Crippen LogP contribution in [0.1, 0.15) is 35.6 Å². The molecular weight excluding hydrogens is 224 g/mol. The molecule has 3 nitrogen and oxygen atoms in total. The average molecular weight is 240 g/mol. The third-order valence-corrected chi connectivity index (χ3v) is 3.73. The van der Waals surface area contributed by atoms with Crippen molar-refractivity contribution in [3.05, 3.63) is 53.6 Å². The number of hydrogen-bond donors (Lipinski definition) is 0. The lowest BCUT2D eigenvalue weighted by Crippen LogP contribution is -2.15. The average Bonchev–Trinajstić information content (AvgIpc) is 2.94. The van der Waals surface area contributed by atoms with Crippen molar-refractivity contribution in [1.82, 2.24) is 9.55 Å². The highest BCUT2D eigenvalue weighted by atomic mass is 16.1. The summed E-state index contributed by atoms with van der Waals surface area (Å²) in [5, 5.41) is 0. The fourth-order valence-corrected chi connectivity index (χ4v) is 2.83. The SMILES string of the molecule is O=CC(c1cccc2c1CCCC2)n1ccnc1. The molecule has 3 heteroatoms. The van der Waals surface area contributed by atoms with Gasteiger partial charge in [0.25, 0.3) is 0 Å². The molecule has 92 valence electrons. The zero-order chi connectivity index (χ0) is 12.4. The summed E-state index contributed by atoms with van der Waals surface area (Å²) in [4.78, 5) is 15.5. The lowest BCUT2D eigenvalue weighted by Gasteiger charge is -2.22. The van der Waals surface area contributed by atoms with E-state index in [0.29, 0.717) is 0 Å². The second-order valence-electron chi connectivity index (χ2n) is 4.78. The summed E-state index contributed by atoms with van der Waals surface area (Å²) in [5.74, 6) is 0. The first-order valence-electron chi connectivity index (χ1n) is 6.43. The number of fused-ring (bicyclic) bond motifs is 1. The van der Waals surface area contributed by atoms with Crippen LogP contribution in [0.2, 0.25) is 0 Å². The highest BCUT2D eigenvalue weighted by Crippen LogP contribution is 2.29. The molecule has 1 aliphatic rings. The molecule has 0 aliphatic heterocycles. The van der Waals surface area contributed by atoms with Crippen LogP contribution in [0.5, 0.6) is 0 Å². The van der Waals surface area contributed by atoms with Crippen molar-refractivity contribution >= 4 is 6.29 Å². The van der Waals surface area contributed by atoms with E-state index < -0.39 is 0 Å². The van der Waals surface area contributed by atoms with Crippen molar-refractivity contribution in [3.63, 3.8) is 0 Å². The summed E-state index contributed by atoms with van der Waals surface area (Å²) in [6.07, 6.45) is 11.0. The molecule has 1 heterocycles. The Kier molecular flexibility index (Phi) is 2.97. The van der Waals surface area contributed by atoms with E-state index in [2.05, 4.69) is 23.2 Å². The van der Waals surface area contributed by atoms with Gasteiger partial charge in [0, 0.05) is 12.4 Å². The Bertz CT molecular complexity index is 546. The summed E-state index contributed by atoms with van der Waals surface area (Å²) in [6.45, 7) is 0. The molecule has 1 aromatic heterocycles. The number of imidazole rings is 1. The van der Waals surface area contributed by atoms with Crippen molar-refractivity contribution < 1.29 is 4.79 Å². The van der Waals surface area contributed by atoms with Gasteiger partial charge in [-0.1, -0.05) is 18.2 Å². The summed E-state index contributed by atoms with van der Waals surface area (Å²) in [6, 6.07) is 6.09. The van der Waals surface area contributed by atoms with Gasteiger partial charge in [0.1, 0.15) is 12.3 Å². The van der Waals surface area contributed by atoms with Crippen LogP contribution in [0.15, 0.2) is 36.9 Å². The fraction of sp³-hybridized carbons (Fsp3) is 0.333. The van der Waals surface area contributed by atoms with Crippen LogP contribution in [0, 0.1) is 0 Å². The molecule has 0 radical (unpaired) electrons. The van der Waals surface area contributed by atoms with Crippen molar-refractivity contribution in [2.24, 2.45) is 0 Å². The van der Waals surface area contributed by atoms with E-state index in [0.717, 1.165) is 24.7 Å². The van der Waals surface area contributed by atoms with Crippen LogP contribution in [-0.2, 0) is 17.6 Å². The molecule has 2 aromatic rings. The predicted molar refractivity (Wildman–Crippen MR) is 69.5 cm³/mol. The molecule has 1 unspecified atom stereocenters. The van der Waals surface area contributed by atoms with Gasteiger partial charge in [0.05, 0.1) is 6.33 Å². The second-order valence-corrected chi connectivity index (χ2v) is 4.78. The molecular formula is C15H16N2O. The first kappa shape index (κ1) is 11.2. The number of aryl methyl sites for hydroxylation is 1. The minimum absolute atomic E-state index is 0.236. The largest absolute Gasteiger partial charge is 0.323 e. The number of hydrogen-bond acceptors (Lipinski definition) is 2. The monoisotopic (exact) mass is 240 g/mol. The minimum atomic E-state index is -0.236. The number of carbonyl (C=O) groups is 1. The number of carbonyl (C=O) groups excluding carboxylic acids is 1. The summed E-state index contributed by atoms with van der Waals surface area (Å²) in [5.41, 5.74) is 3.92. The topological polar surface area (TPSA) is 34.9 Å². The van der Waals surface area contributed by atoms with E-state index >= 15 is 0 Å². The van der Waals surface area contributed by atoms with Gasteiger partial charge >= 0.3 is 0 Å². The molecule has 1 atom stereocenters. The van der Waals surface area contributed by atoms with E-state index in [1.807, 2.05) is 10.8 Å². The molecule has 0 saturated carbocycles. The first-order chi connectivity index (χ1) is 8.90.